The molecule has 1 heterocycles. The van der Waals surface area contributed by atoms with E-state index < -0.39 is 0 Å². The van der Waals surface area contributed by atoms with Crippen molar-refractivity contribution in [3.63, 3.8) is 0 Å². The molecule has 0 saturated heterocycles. The number of carbonyl (C=O) groups is 1. The number of hydrogen-bond acceptors (Lipinski definition) is 2. The highest BCUT2D eigenvalue weighted by atomic mass is 16.1. The van der Waals surface area contributed by atoms with Gasteiger partial charge in [-0.15, -0.1) is 0 Å². The number of hydrogen-bond donors (Lipinski definition) is 1. The molecule has 0 fully saturated rings. The molecule has 0 amide bonds. The highest BCUT2D eigenvalue weighted by Crippen LogP contribution is 2.25. The number of nitrogens with one attached hydrogen (secondary N) is 1. The minimum atomic E-state index is 0.394. The Balaban J connectivity index is 2.23. The molecule has 0 spiro atoms. The van der Waals surface area contributed by atoms with Crippen LogP contribution in [0.4, 0.5) is 0 Å². The van der Waals surface area contributed by atoms with Gasteiger partial charge in [-0.05, 0) is 32.1 Å². The van der Waals surface area contributed by atoms with E-state index >= 15 is 0 Å². The van der Waals surface area contributed by atoms with E-state index in [1.54, 1.807) is 0 Å². The topological polar surface area (TPSA) is 29.1 Å². The Morgan fingerprint density at radius 2 is 1.92 bits per heavy atom. The maximum atomic E-state index is 11.5. The summed E-state index contributed by atoms with van der Waals surface area (Å²) in [6.45, 7) is 1.06. The van der Waals surface area contributed by atoms with E-state index in [0.29, 0.717) is 5.78 Å². The summed E-state index contributed by atoms with van der Waals surface area (Å²) in [4.78, 5) is 11.5. The number of ketones is 1. The van der Waals surface area contributed by atoms with Gasteiger partial charge >= 0.3 is 0 Å². The van der Waals surface area contributed by atoms with Gasteiger partial charge in [0.1, 0.15) is 0 Å². The van der Waals surface area contributed by atoms with Gasteiger partial charge in [0.2, 0.25) is 0 Å². The molecule has 2 aliphatic rings. The molecule has 0 atom stereocenters. The standard InChI is InChI=1S/C10H15NO/c12-10-6-3-5-9-8(10)4-1-2-7-11-9/h11H,1-7H2. The van der Waals surface area contributed by atoms with Gasteiger partial charge in [0, 0.05) is 24.2 Å². The molecule has 66 valence electrons. The summed E-state index contributed by atoms with van der Waals surface area (Å²) in [5.41, 5.74) is 2.36. The molecule has 12 heavy (non-hydrogen) atoms. The first kappa shape index (κ1) is 7.84. The Kier molecular flexibility index (Phi) is 2.15. The quantitative estimate of drug-likeness (QED) is 0.592. The summed E-state index contributed by atoms with van der Waals surface area (Å²) < 4.78 is 0. The Labute approximate surface area is 73.0 Å². The van der Waals surface area contributed by atoms with Gasteiger partial charge in [-0.25, -0.2) is 0 Å². The Bertz CT molecular complexity index is 230. The fourth-order valence-electron chi connectivity index (χ4n) is 2.05. The van der Waals surface area contributed by atoms with E-state index in [1.807, 2.05) is 0 Å². The third-order valence-electron chi connectivity index (χ3n) is 2.72. The first-order valence-electron chi connectivity index (χ1n) is 4.87. The van der Waals surface area contributed by atoms with Gasteiger partial charge in [-0.2, -0.15) is 0 Å². The molecule has 0 unspecified atom stereocenters. The SMILES string of the molecule is O=C1CCCC2=C1CCCCN2. The van der Waals surface area contributed by atoms with Crippen LogP contribution < -0.4 is 5.32 Å². The number of rotatable bonds is 0. The summed E-state index contributed by atoms with van der Waals surface area (Å²) in [6.07, 6.45) is 6.32. The van der Waals surface area contributed by atoms with Crippen molar-refractivity contribution in [2.24, 2.45) is 0 Å². The van der Waals surface area contributed by atoms with E-state index in [2.05, 4.69) is 5.32 Å². The van der Waals surface area contributed by atoms with E-state index in [-0.39, 0.29) is 0 Å². The zero-order valence-corrected chi connectivity index (χ0v) is 7.36. The van der Waals surface area contributed by atoms with Crippen LogP contribution >= 0.6 is 0 Å². The smallest absolute Gasteiger partial charge is 0.160 e. The molecule has 0 radical (unpaired) electrons. The van der Waals surface area contributed by atoms with Crippen LogP contribution in [-0.4, -0.2) is 12.3 Å². The first-order chi connectivity index (χ1) is 5.88. The largest absolute Gasteiger partial charge is 0.388 e. The Hall–Kier alpha value is -0.790. The number of carbonyl (C=O) groups excluding carboxylic acids is 1. The maximum absolute atomic E-state index is 11.5. The van der Waals surface area contributed by atoms with Crippen LogP contribution in [0.2, 0.25) is 0 Å². The van der Waals surface area contributed by atoms with Crippen LogP contribution in [0.1, 0.15) is 38.5 Å². The van der Waals surface area contributed by atoms with Gasteiger partial charge in [-0.1, -0.05) is 0 Å². The molecular weight excluding hydrogens is 150 g/mol. The molecular formula is C10H15NO. The van der Waals surface area contributed by atoms with Crippen LogP contribution in [0.3, 0.4) is 0 Å². The Morgan fingerprint density at radius 1 is 1.00 bits per heavy atom. The first-order valence-corrected chi connectivity index (χ1v) is 4.87. The van der Waals surface area contributed by atoms with Crippen LogP contribution in [0.25, 0.3) is 0 Å². The van der Waals surface area contributed by atoms with Gasteiger partial charge in [0.15, 0.2) is 5.78 Å². The lowest BCUT2D eigenvalue weighted by Gasteiger charge is -2.17. The highest BCUT2D eigenvalue weighted by molar-refractivity contribution is 5.96. The number of allylic oxidation sites excluding steroid dienone is 2. The molecule has 0 aromatic rings. The van der Waals surface area contributed by atoms with Gasteiger partial charge in [0.05, 0.1) is 0 Å². The van der Waals surface area contributed by atoms with Crippen molar-refractivity contribution < 1.29 is 4.79 Å². The molecule has 0 aromatic heterocycles. The van der Waals surface area contributed by atoms with Crippen molar-refractivity contribution in [2.45, 2.75) is 38.5 Å². The van der Waals surface area contributed by atoms with Crippen LogP contribution in [0.5, 0.6) is 0 Å². The molecule has 1 aliphatic heterocycles. The minimum absolute atomic E-state index is 0.394. The molecule has 2 nitrogen and oxygen atoms in total. The monoisotopic (exact) mass is 165 g/mol. The van der Waals surface area contributed by atoms with Crippen molar-refractivity contribution in [1.29, 1.82) is 0 Å². The van der Waals surface area contributed by atoms with Crippen LogP contribution in [-0.2, 0) is 4.79 Å². The zero-order chi connectivity index (χ0) is 8.39. The zero-order valence-electron chi connectivity index (χ0n) is 7.36. The predicted octanol–water partition coefficient (Wildman–Crippen LogP) is 1.77. The van der Waals surface area contributed by atoms with E-state index in [1.165, 1.54) is 18.5 Å². The van der Waals surface area contributed by atoms with Crippen LogP contribution in [0.15, 0.2) is 11.3 Å². The van der Waals surface area contributed by atoms with Crippen molar-refractivity contribution in [1.82, 2.24) is 5.32 Å². The third-order valence-corrected chi connectivity index (χ3v) is 2.72. The van der Waals surface area contributed by atoms with E-state index in [4.69, 9.17) is 0 Å². The molecule has 0 saturated carbocycles. The fraction of sp³-hybridized carbons (Fsp3) is 0.700. The van der Waals surface area contributed by atoms with Gasteiger partial charge < -0.3 is 5.32 Å². The molecule has 1 aliphatic carbocycles. The second kappa shape index (κ2) is 3.30. The molecule has 2 rings (SSSR count). The second-order valence-corrected chi connectivity index (χ2v) is 3.62. The summed E-state index contributed by atoms with van der Waals surface area (Å²) in [6, 6.07) is 0. The van der Waals surface area contributed by atoms with Crippen molar-refractivity contribution >= 4 is 5.78 Å². The molecule has 2 heteroatoms. The lowest BCUT2D eigenvalue weighted by molar-refractivity contribution is -0.116. The lowest BCUT2D eigenvalue weighted by Crippen LogP contribution is -2.20. The normalized spacial score (nSPS) is 24.5. The van der Waals surface area contributed by atoms with Crippen molar-refractivity contribution in [3.8, 4) is 0 Å². The van der Waals surface area contributed by atoms with Crippen molar-refractivity contribution in [3.05, 3.63) is 11.3 Å². The average Bonchev–Trinajstić information content (AvgIpc) is 2.30. The van der Waals surface area contributed by atoms with E-state index in [0.717, 1.165) is 37.8 Å². The Morgan fingerprint density at radius 3 is 2.83 bits per heavy atom. The molecule has 0 bridgehead atoms. The summed E-state index contributed by atoms with van der Waals surface area (Å²) >= 11 is 0. The lowest BCUT2D eigenvalue weighted by atomic mass is 9.92. The molecule has 0 aromatic carbocycles. The predicted molar refractivity (Wildman–Crippen MR) is 47.7 cm³/mol. The van der Waals surface area contributed by atoms with Gasteiger partial charge in [0.25, 0.3) is 0 Å². The average molecular weight is 165 g/mol. The highest BCUT2D eigenvalue weighted by Gasteiger charge is 2.21. The third kappa shape index (κ3) is 1.38. The summed E-state index contributed by atoms with van der Waals surface area (Å²) in [5.74, 6) is 0.394. The summed E-state index contributed by atoms with van der Waals surface area (Å²) in [5, 5.41) is 3.37. The van der Waals surface area contributed by atoms with Gasteiger partial charge in [-0.3, -0.25) is 4.79 Å². The second-order valence-electron chi connectivity index (χ2n) is 3.62. The van der Waals surface area contributed by atoms with Crippen molar-refractivity contribution in [2.75, 3.05) is 6.54 Å². The van der Waals surface area contributed by atoms with E-state index in [9.17, 15) is 4.79 Å². The minimum Gasteiger partial charge on any atom is -0.388 e. The fourth-order valence-corrected chi connectivity index (χ4v) is 2.05. The summed E-state index contributed by atoms with van der Waals surface area (Å²) in [7, 11) is 0. The maximum Gasteiger partial charge on any atom is 0.160 e. The molecule has 1 N–H and O–H groups in total. The number of Topliss-reactive ketones (excluding diaryl/α,β-unsaturated/α-hetero) is 1. The van der Waals surface area contributed by atoms with Crippen LogP contribution in [0, 0.1) is 0 Å².